The average Bonchev–Trinajstić information content (AvgIpc) is 2.28. The van der Waals surface area contributed by atoms with Crippen molar-refractivity contribution in [3.05, 3.63) is 33.4 Å². The number of benzene rings is 1. The van der Waals surface area contributed by atoms with Crippen molar-refractivity contribution < 1.29 is 0 Å². The second-order valence-electron chi connectivity index (χ2n) is 6.16. The average molecular weight is 384 g/mol. The van der Waals surface area contributed by atoms with E-state index in [9.17, 15) is 0 Å². The molecule has 0 spiro atoms. The molecule has 0 aromatic heterocycles. The van der Waals surface area contributed by atoms with Crippen molar-refractivity contribution in [2.45, 2.75) is 58.2 Å². The van der Waals surface area contributed by atoms with Crippen LogP contribution < -0.4 is 0 Å². The summed E-state index contributed by atoms with van der Waals surface area (Å²) >= 11 is 2.35. The maximum Gasteiger partial charge on any atom is 0.146 e. The third-order valence-electron chi connectivity index (χ3n) is 4.11. The van der Waals surface area contributed by atoms with Gasteiger partial charge in [0.25, 0.3) is 0 Å². The van der Waals surface area contributed by atoms with Gasteiger partial charge < -0.3 is 0 Å². The summed E-state index contributed by atoms with van der Waals surface area (Å²) in [5, 5.41) is 0. The van der Waals surface area contributed by atoms with Crippen LogP contribution >= 0.6 is 22.6 Å². The minimum atomic E-state index is -1.59. The fraction of sp³-hybridized carbons (Fsp3) is 0.529. The molecule has 0 saturated carbocycles. The maximum atomic E-state index is 3.76. The lowest BCUT2D eigenvalue weighted by atomic mass is 10.2. The van der Waals surface area contributed by atoms with Crippen LogP contribution in [0.15, 0.2) is 24.3 Å². The quantitative estimate of drug-likeness (QED) is 0.348. The van der Waals surface area contributed by atoms with E-state index in [1.807, 2.05) is 0 Å². The molecule has 0 heterocycles. The number of hydrogen-bond donors (Lipinski definition) is 0. The molecular weight excluding hydrogens is 359 g/mol. The Balaban J connectivity index is 3.23. The van der Waals surface area contributed by atoms with Crippen molar-refractivity contribution in [2.75, 3.05) is 0 Å². The van der Waals surface area contributed by atoms with Gasteiger partial charge in [0.1, 0.15) is 8.07 Å². The molecule has 1 aromatic rings. The van der Waals surface area contributed by atoms with Crippen molar-refractivity contribution in [1.82, 2.24) is 0 Å². The topological polar surface area (TPSA) is 0 Å². The van der Waals surface area contributed by atoms with Gasteiger partial charge in [-0.05, 0) is 57.4 Å². The second kappa shape index (κ2) is 6.94. The molecule has 1 rings (SSSR count). The van der Waals surface area contributed by atoms with Crippen molar-refractivity contribution in [2.24, 2.45) is 0 Å². The van der Waals surface area contributed by atoms with Gasteiger partial charge in [-0.1, -0.05) is 53.5 Å². The summed E-state index contributed by atoms with van der Waals surface area (Å²) in [6, 6.07) is 8.50. The molecule has 104 valence electrons. The molecule has 19 heavy (non-hydrogen) atoms. The molecule has 0 aliphatic rings. The first kappa shape index (κ1) is 16.8. The predicted molar refractivity (Wildman–Crippen MR) is 97.1 cm³/mol. The monoisotopic (exact) mass is 384 g/mol. The fourth-order valence-corrected chi connectivity index (χ4v) is 8.95. The highest BCUT2D eigenvalue weighted by atomic mass is 127. The minimum absolute atomic E-state index is 0.697. The molecule has 0 radical (unpaired) electrons. The first-order chi connectivity index (χ1) is 8.80. The fourth-order valence-electron chi connectivity index (χ4n) is 3.18. The van der Waals surface area contributed by atoms with Crippen LogP contribution in [-0.2, 0) is 0 Å². The van der Waals surface area contributed by atoms with E-state index in [1.54, 1.807) is 0 Å². The Morgan fingerprint density at radius 3 is 1.89 bits per heavy atom. The van der Waals surface area contributed by atoms with Gasteiger partial charge in [-0.2, -0.15) is 0 Å². The van der Waals surface area contributed by atoms with Gasteiger partial charge >= 0.3 is 0 Å². The number of hydrogen-bond acceptors (Lipinski definition) is 0. The number of halogens is 1. The van der Waals surface area contributed by atoms with E-state index in [1.165, 1.54) is 3.57 Å². The zero-order chi connectivity index (χ0) is 14.6. The third-order valence-corrected chi connectivity index (χ3v) is 11.1. The van der Waals surface area contributed by atoms with Gasteiger partial charge in [-0.25, -0.2) is 0 Å². The van der Waals surface area contributed by atoms with Crippen molar-refractivity contribution in [1.29, 1.82) is 0 Å². The first-order valence-electron chi connectivity index (χ1n) is 7.09. The Labute approximate surface area is 133 Å². The van der Waals surface area contributed by atoms with Crippen LogP contribution in [0.3, 0.4) is 0 Å². The van der Waals surface area contributed by atoms with E-state index in [4.69, 9.17) is 0 Å². The normalized spacial score (nSPS) is 11.9. The summed E-state index contributed by atoms with van der Waals surface area (Å²) in [6.07, 6.45) is 0. The van der Waals surface area contributed by atoms with Gasteiger partial charge in [0.2, 0.25) is 0 Å². The van der Waals surface area contributed by atoms with Crippen molar-refractivity contribution >= 4 is 30.7 Å². The van der Waals surface area contributed by atoms with Gasteiger partial charge in [-0.15, -0.1) is 5.54 Å². The zero-order valence-electron chi connectivity index (χ0n) is 12.9. The predicted octanol–water partition coefficient (Wildman–Crippen LogP) is 5.86. The van der Waals surface area contributed by atoms with Crippen molar-refractivity contribution in [3.63, 3.8) is 0 Å². The van der Waals surface area contributed by atoms with Crippen LogP contribution in [0.4, 0.5) is 0 Å². The molecule has 2 heteroatoms. The van der Waals surface area contributed by atoms with Crippen LogP contribution in [0.2, 0.25) is 16.6 Å². The molecule has 1 aromatic carbocycles. The third kappa shape index (κ3) is 3.85. The summed E-state index contributed by atoms with van der Waals surface area (Å²) in [7, 11) is -1.59. The highest BCUT2D eigenvalue weighted by Gasteiger charge is 2.41. The SMILES string of the molecule is CC(C)[Si](C#Cc1cccc(I)c1)(C(C)C)C(C)C. The lowest BCUT2D eigenvalue weighted by Crippen LogP contribution is -2.43. The van der Waals surface area contributed by atoms with Gasteiger partial charge in [0.05, 0.1) is 0 Å². The zero-order valence-corrected chi connectivity index (χ0v) is 16.1. The van der Waals surface area contributed by atoms with Crippen LogP contribution in [-0.4, -0.2) is 8.07 Å². The second-order valence-corrected chi connectivity index (χ2v) is 13.0. The van der Waals surface area contributed by atoms with Crippen LogP contribution in [0, 0.1) is 15.0 Å². The Morgan fingerprint density at radius 2 is 1.47 bits per heavy atom. The minimum Gasteiger partial charge on any atom is -0.125 e. The molecular formula is C17H25ISi. The summed E-state index contributed by atoms with van der Waals surface area (Å²) < 4.78 is 1.26. The Morgan fingerprint density at radius 1 is 0.947 bits per heavy atom. The summed E-state index contributed by atoms with van der Waals surface area (Å²) in [6.45, 7) is 14.1. The molecule has 0 aliphatic heterocycles. The highest BCUT2D eigenvalue weighted by molar-refractivity contribution is 14.1. The molecule has 0 aliphatic carbocycles. The molecule has 0 atom stereocenters. The molecule has 0 N–H and O–H groups in total. The smallest absolute Gasteiger partial charge is 0.125 e. The Hall–Kier alpha value is -0.273. The number of rotatable bonds is 3. The van der Waals surface area contributed by atoms with Gasteiger partial charge in [-0.3, -0.25) is 0 Å². The van der Waals surface area contributed by atoms with E-state index in [2.05, 4.69) is 99.9 Å². The molecule has 0 bridgehead atoms. The molecule has 0 fully saturated rings. The van der Waals surface area contributed by atoms with E-state index >= 15 is 0 Å². The highest BCUT2D eigenvalue weighted by Crippen LogP contribution is 2.40. The molecule has 0 nitrogen and oxygen atoms in total. The molecule has 0 unspecified atom stereocenters. The van der Waals surface area contributed by atoms with Gasteiger partial charge in [0.15, 0.2) is 0 Å². The Kier molecular flexibility index (Phi) is 6.13. The standard InChI is InChI=1S/C17H25ISi/c1-13(2)19(14(3)4,15(5)6)11-10-16-8-7-9-17(18)12-16/h7-9,12-15H,1-6H3. The summed E-state index contributed by atoms with van der Waals surface area (Å²) in [5.74, 6) is 3.48. The van der Waals surface area contributed by atoms with Crippen molar-refractivity contribution in [3.8, 4) is 11.5 Å². The van der Waals surface area contributed by atoms with Crippen LogP contribution in [0.1, 0.15) is 47.1 Å². The van der Waals surface area contributed by atoms with Crippen LogP contribution in [0.5, 0.6) is 0 Å². The largest absolute Gasteiger partial charge is 0.146 e. The van der Waals surface area contributed by atoms with E-state index < -0.39 is 8.07 Å². The maximum absolute atomic E-state index is 3.76. The summed E-state index contributed by atoms with van der Waals surface area (Å²) in [4.78, 5) is 0. The van der Waals surface area contributed by atoms with Gasteiger partial charge in [0, 0.05) is 9.13 Å². The van der Waals surface area contributed by atoms with E-state index in [0.717, 1.165) is 5.56 Å². The lowest BCUT2D eigenvalue weighted by molar-refractivity contribution is 0.838. The lowest BCUT2D eigenvalue weighted by Gasteiger charge is -2.38. The van der Waals surface area contributed by atoms with Crippen LogP contribution in [0.25, 0.3) is 0 Å². The Bertz CT molecular complexity index is 456. The molecule has 0 saturated heterocycles. The molecule has 0 amide bonds. The summed E-state index contributed by atoms with van der Waals surface area (Å²) in [5.41, 5.74) is 7.01. The van der Waals surface area contributed by atoms with E-state index in [-0.39, 0.29) is 0 Å². The first-order valence-corrected chi connectivity index (χ1v) is 10.4. The van der Waals surface area contributed by atoms with E-state index in [0.29, 0.717) is 16.6 Å².